The highest BCUT2D eigenvalue weighted by atomic mass is 16.2. The van der Waals surface area contributed by atoms with Gasteiger partial charge in [-0.25, -0.2) is 0 Å². The van der Waals surface area contributed by atoms with E-state index in [1.165, 1.54) is 25.7 Å². The summed E-state index contributed by atoms with van der Waals surface area (Å²) >= 11 is 0. The molecule has 110 valence electrons. The van der Waals surface area contributed by atoms with E-state index in [2.05, 4.69) is 11.8 Å². The van der Waals surface area contributed by atoms with E-state index >= 15 is 0 Å². The molecule has 1 atom stereocenters. The molecule has 4 heteroatoms. The minimum atomic E-state index is -0.0228. The van der Waals surface area contributed by atoms with E-state index in [1.807, 2.05) is 11.8 Å². The van der Waals surface area contributed by atoms with Gasteiger partial charge in [0.2, 0.25) is 5.91 Å². The van der Waals surface area contributed by atoms with Crippen molar-refractivity contribution in [3.63, 3.8) is 0 Å². The molecular weight excluding hydrogens is 238 g/mol. The van der Waals surface area contributed by atoms with Crippen LogP contribution < -0.4 is 5.73 Å². The maximum atomic E-state index is 12.0. The second-order valence-electron chi connectivity index (χ2n) is 6.51. The van der Waals surface area contributed by atoms with E-state index in [1.54, 1.807) is 0 Å². The van der Waals surface area contributed by atoms with E-state index < -0.39 is 0 Å². The molecule has 1 aliphatic heterocycles. The molecular formula is C15H29N3O. The number of amides is 1. The summed E-state index contributed by atoms with van der Waals surface area (Å²) in [4.78, 5) is 16.6. The fourth-order valence-electron chi connectivity index (χ4n) is 3.35. The van der Waals surface area contributed by atoms with Crippen LogP contribution >= 0.6 is 0 Å². The molecule has 1 saturated heterocycles. The van der Waals surface area contributed by atoms with Crippen molar-refractivity contribution >= 4 is 5.91 Å². The predicted octanol–water partition coefficient (Wildman–Crippen LogP) is 1.45. The summed E-state index contributed by atoms with van der Waals surface area (Å²) in [5.41, 5.74) is 5.70. The molecule has 2 aliphatic rings. The van der Waals surface area contributed by atoms with Crippen molar-refractivity contribution in [2.45, 2.75) is 58.0 Å². The Morgan fingerprint density at radius 2 is 1.74 bits per heavy atom. The highest BCUT2D eigenvalue weighted by Crippen LogP contribution is 2.27. The van der Waals surface area contributed by atoms with Crippen molar-refractivity contribution in [3.05, 3.63) is 0 Å². The van der Waals surface area contributed by atoms with E-state index in [0.29, 0.717) is 6.42 Å². The molecule has 1 amide bonds. The summed E-state index contributed by atoms with van der Waals surface area (Å²) in [5.74, 6) is 1.14. The minimum absolute atomic E-state index is 0.0228. The largest absolute Gasteiger partial charge is 0.340 e. The quantitative estimate of drug-likeness (QED) is 0.842. The molecule has 2 rings (SSSR count). The van der Waals surface area contributed by atoms with Crippen LogP contribution in [-0.4, -0.2) is 54.0 Å². The number of carbonyl (C=O) groups is 1. The van der Waals surface area contributed by atoms with Gasteiger partial charge in [0.05, 0.1) is 0 Å². The molecule has 0 bridgehead atoms. The standard InChI is InChI=1S/C15H29N3O/c1-12-3-5-14(6-4-12)17-7-9-18(10-8-17)15(19)11-13(2)16/h12-14H,3-11,16H2,1-2H3. The molecule has 19 heavy (non-hydrogen) atoms. The van der Waals surface area contributed by atoms with Gasteiger partial charge in [-0.1, -0.05) is 6.92 Å². The maximum Gasteiger partial charge on any atom is 0.224 e. The fourth-order valence-corrected chi connectivity index (χ4v) is 3.35. The van der Waals surface area contributed by atoms with Gasteiger partial charge in [0, 0.05) is 44.7 Å². The zero-order valence-electron chi connectivity index (χ0n) is 12.5. The van der Waals surface area contributed by atoms with Crippen molar-refractivity contribution in [2.75, 3.05) is 26.2 Å². The normalized spacial score (nSPS) is 31.2. The third-order valence-electron chi connectivity index (χ3n) is 4.67. The highest BCUT2D eigenvalue weighted by Gasteiger charge is 2.28. The first-order chi connectivity index (χ1) is 9.06. The third kappa shape index (κ3) is 4.18. The molecule has 1 unspecified atom stereocenters. The Hall–Kier alpha value is -0.610. The second kappa shape index (κ2) is 6.71. The lowest BCUT2D eigenvalue weighted by Gasteiger charge is -2.41. The summed E-state index contributed by atoms with van der Waals surface area (Å²) in [7, 11) is 0. The molecule has 0 spiro atoms. The predicted molar refractivity (Wildman–Crippen MR) is 77.8 cm³/mol. The summed E-state index contributed by atoms with van der Waals surface area (Å²) < 4.78 is 0. The van der Waals surface area contributed by atoms with Crippen molar-refractivity contribution < 1.29 is 4.79 Å². The number of nitrogens with two attached hydrogens (primary N) is 1. The number of hydrogen-bond donors (Lipinski definition) is 1. The Morgan fingerprint density at radius 3 is 2.26 bits per heavy atom. The van der Waals surface area contributed by atoms with Crippen LogP contribution in [0.4, 0.5) is 0 Å². The van der Waals surface area contributed by atoms with Gasteiger partial charge in [-0.15, -0.1) is 0 Å². The maximum absolute atomic E-state index is 12.0. The van der Waals surface area contributed by atoms with Crippen LogP contribution in [0.15, 0.2) is 0 Å². The van der Waals surface area contributed by atoms with Crippen LogP contribution in [0.2, 0.25) is 0 Å². The van der Waals surface area contributed by atoms with E-state index in [0.717, 1.165) is 38.1 Å². The zero-order valence-corrected chi connectivity index (χ0v) is 12.5. The van der Waals surface area contributed by atoms with Gasteiger partial charge < -0.3 is 10.6 Å². The first kappa shape index (κ1) is 14.8. The molecule has 0 aromatic rings. The smallest absolute Gasteiger partial charge is 0.224 e. The lowest BCUT2D eigenvalue weighted by atomic mass is 9.86. The summed E-state index contributed by atoms with van der Waals surface area (Å²) in [6.07, 6.45) is 5.91. The monoisotopic (exact) mass is 267 g/mol. The molecule has 1 aliphatic carbocycles. The average Bonchev–Trinajstić information content (AvgIpc) is 2.39. The first-order valence-electron chi connectivity index (χ1n) is 7.83. The Balaban J connectivity index is 1.74. The lowest BCUT2D eigenvalue weighted by molar-refractivity contribution is -0.133. The van der Waals surface area contributed by atoms with Crippen LogP contribution in [0.25, 0.3) is 0 Å². The minimum Gasteiger partial charge on any atom is -0.340 e. The second-order valence-corrected chi connectivity index (χ2v) is 6.51. The van der Waals surface area contributed by atoms with Crippen LogP contribution in [0.3, 0.4) is 0 Å². The number of carbonyl (C=O) groups excluding carboxylic acids is 1. The highest BCUT2D eigenvalue weighted by molar-refractivity contribution is 5.76. The number of hydrogen-bond acceptors (Lipinski definition) is 3. The van der Waals surface area contributed by atoms with E-state index in [9.17, 15) is 4.79 Å². The molecule has 2 N–H and O–H groups in total. The van der Waals surface area contributed by atoms with Crippen molar-refractivity contribution in [1.82, 2.24) is 9.80 Å². The molecule has 0 aromatic carbocycles. The molecule has 1 heterocycles. The SMILES string of the molecule is CC(N)CC(=O)N1CCN(C2CCC(C)CC2)CC1. The molecule has 4 nitrogen and oxygen atoms in total. The topological polar surface area (TPSA) is 49.6 Å². The van der Waals surface area contributed by atoms with Gasteiger partial charge in [-0.05, 0) is 38.5 Å². The molecule has 2 fully saturated rings. The van der Waals surface area contributed by atoms with Gasteiger partial charge in [0.25, 0.3) is 0 Å². The fraction of sp³-hybridized carbons (Fsp3) is 0.933. The van der Waals surface area contributed by atoms with E-state index in [-0.39, 0.29) is 11.9 Å². The Bertz CT molecular complexity index is 290. The van der Waals surface area contributed by atoms with Gasteiger partial charge in [-0.3, -0.25) is 9.69 Å². The zero-order chi connectivity index (χ0) is 13.8. The third-order valence-corrected chi connectivity index (χ3v) is 4.67. The molecule has 0 aromatic heterocycles. The van der Waals surface area contributed by atoms with Crippen LogP contribution in [-0.2, 0) is 4.79 Å². The van der Waals surface area contributed by atoms with Crippen LogP contribution in [0.5, 0.6) is 0 Å². The van der Waals surface area contributed by atoms with Crippen molar-refractivity contribution in [1.29, 1.82) is 0 Å². The summed E-state index contributed by atoms with van der Waals surface area (Å²) in [6.45, 7) is 8.13. The summed E-state index contributed by atoms with van der Waals surface area (Å²) in [5, 5.41) is 0. The number of nitrogens with zero attached hydrogens (tertiary/aromatic N) is 2. The number of rotatable bonds is 3. The van der Waals surface area contributed by atoms with E-state index in [4.69, 9.17) is 5.73 Å². The summed E-state index contributed by atoms with van der Waals surface area (Å²) in [6, 6.07) is 0.743. The lowest BCUT2D eigenvalue weighted by Crippen LogP contribution is -2.53. The Kier molecular flexibility index (Phi) is 5.22. The Morgan fingerprint density at radius 1 is 1.16 bits per heavy atom. The number of piperazine rings is 1. The van der Waals surface area contributed by atoms with Gasteiger partial charge in [0.15, 0.2) is 0 Å². The van der Waals surface area contributed by atoms with Gasteiger partial charge in [-0.2, -0.15) is 0 Å². The van der Waals surface area contributed by atoms with Gasteiger partial charge in [0.1, 0.15) is 0 Å². The first-order valence-corrected chi connectivity index (χ1v) is 7.83. The van der Waals surface area contributed by atoms with Crippen LogP contribution in [0, 0.1) is 5.92 Å². The Labute approximate surface area is 117 Å². The average molecular weight is 267 g/mol. The van der Waals surface area contributed by atoms with Gasteiger partial charge >= 0.3 is 0 Å². The van der Waals surface area contributed by atoms with Crippen molar-refractivity contribution in [3.8, 4) is 0 Å². The molecule has 1 saturated carbocycles. The molecule has 0 radical (unpaired) electrons. The van der Waals surface area contributed by atoms with Crippen LogP contribution in [0.1, 0.15) is 46.0 Å². The van der Waals surface area contributed by atoms with Crippen molar-refractivity contribution in [2.24, 2.45) is 11.7 Å².